The molecule has 0 radical (unpaired) electrons. The van der Waals surface area contributed by atoms with Crippen molar-refractivity contribution >= 4 is 6.08 Å². The number of halogens is 3. The number of methoxy groups -OCH3 is 1. The van der Waals surface area contributed by atoms with Gasteiger partial charge in [-0.3, -0.25) is 0 Å². The molecule has 1 aliphatic heterocycles. The lowest BCUT2D eigenvalue weighted by Gasteiger charge is -2.28. The van der Waals surface area contributed by atoms with E-state index in [4.69, 9.17) is 14.2 Å². The third-order valence-electron chi connectivity index (χ3n) is 2.72. The standard InChI is InChI=1S/C14H15F3O3/c1-13(2)5-4-9-6-11(18-3)12(7-10(9)20-13)19-8-14(15,16)17/h4-7H,8H2,1-3H3. The van der Waals surface area contributed by atoms with E-state index in [2.05, 4.69) is 0 Å². The lowest BCUT2D eigenvalue weighted by atomic mass is 10.0. The monoisotopic (exact) mass is 288 g/mol. The predicted molar refractivity (Wildman–Crippen MR) is 68.3 cm³/mol. The lowest BCUT2D eigenvalue weighted by Crippen LogP contribution is -2.27. The minimum Gasteiger partial charge on any atom is -0.493 e. The van der Waals surface area contributed by atoms with Gasteiger partial charge in [0.25, 0.3) is 0 Å². The number of ether oxygens (including phenoxy) is 3. The maximum absolute atomic E-state index is 12.2. The molecule has 0 saturated heterocycles. The molecule has 0 aliphatic carbocycles. The minimum absolute atomic E-state index is 0.00896. The number of benzene rings is 1. The van der Waals surface area contributed by atoms with Gasteiger partial charge < -0.3 is 14.2 Å². The van der Waals surface area contributed by atoms with E-state index in [9.17, 15) is 13.2 Å². The molecule has 0 bridgehead atoms. The van der Waals surface area contributed by atoms with Crippen molar-refractivity contribution in [1.82, 2.24) is 0 Å². The van der Waals surface area contributed by atoms with Crippen LogP contribution >= 0.6 is 0 Å². The summed E-state index contributed by atoms with van der Waals surface area (Å²) in [5.74, 6) is 0.714. The highest BCUT2D eigenvalue weighted by Gasteiger charge is 2.30. The molecule has 0 spiro atoms. The molecule has 0 N–H and O–H groups in total. The van der Waals surface area contributed by atoms with Gasteiger partial charge >= 0.3 is 6.18 Å². The fraction of sp³-hybridized carbons (Fsp3) is 0.429. The molecule has 2 rings (SSSR count). The molecule has 1 heterocycles. The van der Waals surface area contributed by atoms with Gasteiger partial charge in [0.05, 0.1) is 7.11 Å². The molecule has 1 aliphatic rings. The highest BCUT2D eigenvalue weighted by atomic mass is 19.4. The summed E-state index contributed by atoms with van der Waals surface area (Å²) in [6, 6.07) is 3.01. The fourth-order valence-electron chi connectivity index (χ4n) is 1.82. The summed E-state index contributed by atoms with van der Waals surface area (Å²) in [7, 11) is 1.37. The van der Waals surface area contributed by atoms with Crippen LogP contribution in [-0.2, 0) is 0 Å². The van der Waals surface area contributed by atoms with E-state index in [1.165, 1.54) is 13.2 Å². The molecule has 0 fully saturated rings. The Morgan fingerprint density at radius 3 is 2.50 bits per heavy atom. The first-order valence-corrected chi connectivity index (χ1v) is 6.00. The van der Waals surface area contributed by atoms with Gasteiger partial charge in [-0.2, -0.15) is 13.2 Å². The van der Waals surface area contributed by atoms with Crippen LogP contribution in [0.2, 0.25) is 0 Å². The molecule has 0 unspecified atom stereocenters. The maximum Gasteiger partial charge on any atom is 0.422 e. The molecule has 0 atom stereocenters. The van der Waals surface area contributed by atoms with Crippen LogP contribution < -0.4 is 14.2 Å². The quantitative estimate of drug-likeness (QED) is 0.846. The minimum atomic E-state index is -4.40. The molecular weight excluding hydrogens is 273 g/mol. The van der Waals surface area contributed by atoms with E-state index >= 15 is 0 Å². The fourth-order valence-corrected chi connectivity index (χ4v) is 1.82. The summed E-state index contributed by atoms with van der Waals surface area (Å²) >= 11 is 0. The summed E-state index contributed by atoms with van der Waals surface area (Å²) in [4.78, 5) is 0. The first-order valence-electron chi connectivity index (χ1n) is 6.00. The van der Waals surface area contributed by atoms with Gasteiger partial charge in [-0.25, -0.2) is 0 Å². The van der Waals surface area contributed by atoms with Crippen LogP contribution in [0.15, 0.2) is 18.2 Å². The Morgan fingerprint density at radius 1 is 1.20 bits per heavy atom. The molecule has 1 aromatic rings. The molecule has 20 heavy (non-hydrogen) atoms. The van der Waals surface area contributed by atoms with Crippen LogP contribution in [0.25, 0.3) is 6.08 Å². The van der Waals surface area contributed by atoms with Crippen molar-refractivity contribution in [2.45, 2.75) is 25.6 Å². The number of alkyl halides is 3. The Morgan fingerprint density at radius 2 is 1.90 bits per heavy atom. The number of hydrogen-bond acceptors (Lipinski definition) is 3. The second-order valence-electron chi connectivity index (χ2n) is 4.98. The zero-order valence-electron chi connectivity index (χ0n) is 11.4. The first-order chi connectivity index (χ1) is 9.20. The Hall–Kier alpha value is -1.85. The zero-order valence-corrected chi connectivity index (χ0v) is 11.4. The van der Waals surface area contributed by atoms with Crippen molar-refractivity contribution in [2.24, 2.45) is 0 Å². The van der Waals surface area contributed by atoms with Crippen molar-refractivity contribution < 1.29 is 27.4 Å². The summed E-state index contributed by atoms with van der Waals surface area (Å²) in [6.45, 7) is 2.33. The van der Waals surface area contributed by atoms with Crippen LogP contribution in [0.3, 0.4) is 0 Å². The Bertz CT molecular complexity index is 533. The van der Waals surface area contributed by atoms with Crippen LogP contribution in [0, 0.1) is 0 Å². The van der Waals surface area contributed by atoms with Crippen molar-refractivity contribution in [3.8, 4) is 17.2 Å². The molecule has 6 heteroatoms. The van der Waals surface area contributed by atoms with Crippen LogP contribution in [0.1, 0.15) is 19.4 Å². The molecule has 0 saturated carbocycles. The molecule has 3 nitrogen and oxygen atoms in total. The Labute approximate surface area is 114 Å². The van der Waals surface area contributed by atoms with Gasteiger partial charge in [0.15, 0.2) is 18.1 Å². The van der Waals surface area contributed by atoms with E-state index < -0.39 is 18.4 Å². The molecule has 1 aromatic carbocycles. The van der Waals surface area contributed by atoms with Gasteiger partial charge in [0.2, 0.25) is 0 Å². The van der Waals surface area contributed by atoms with Crippen LogP contribution in [0.4, 0.5) is 13.2 Å². The van der Waals surface area contributed by atoms with Crippen LogP contribution in [0.5, 0.6) is 17.2 Å². The third kappa shape index (κ3) is 3.37. The maximum atomic E-state index is 12.2. The highest BCUT2D eigenvalue weighted by Crippen LogP contribution is 2.40. The van der Waals surface area contributed by atoms with E-state index in [1.54, 1.807) is 6.07 Å². The number of rotatable bonds is 3. The second kappa shape index (κ2) is 4.92. The number of hydrogen-bond donors (Lipinski definition) is 0. The first kappa shape index (κ1) is 14.6. The largest absolute Gasteiger partial charge is 0.493 e. The summed E-state index contributed by atoms with van der Waals surface area (Å²) in [6.07, 6.45) is -0.694. The third-order valence-corrected chi connectivity index (χ3v) is 2.72. The zero-order chi connectivity index (χ0) is 15.0. The van der Waals surface area contributed by atoms with Crippen LogP contribution in [-0.4, -0.2) is 25.5 Å². The molecule has 0 aromatic heterocycles. The SMILES string of the molecule is COc1cc2c(cc1OCC(F)(F)F)OC(C)(C)C=C2. The average molecular weight is 288 g/mol. The van der Waals surface area contributed by atoms with Gasteiger partial charge in [-0.15, -0.1) is 0 Å². The Balaban J connectivity index is 2.31. The highest BCUT2D eigenvalue weighted by molar-refractivity contribution is 5.66. The van der Waals surface area contributed by atoms with E-state index in [1.807, 2.05) is 26.0 Å². The van der Waals surface area contributed by atoms with Gasteiger partial charge in [0, 0.05) is 11.6 Å². The van der Waals surface area contributed by atoms with Gasteiger partial charge in [-0.1, -0.05) is 6.08 Å². The predicted octanol–water partition coefficient (Wildman–Crippen LogP) is 3.82. The molecule has 0 amide bonds. The average Bonchev–Trinajstić information content (AvgIpc) is 2.33. The van der Waals surface area contributed by atoms with Crippen molar-refractivity contribution in [3.05, 3.63) is 23.8 Å². The van der Waals surface area contributed by atoms with E-state index in [0.29, 0.717) is 5.75 Å². The molecule has 110 valence electrons. The van der Waals surface area contributed by atoms with E-state index in [0.717, 1.165) is 5.56 Å². The second-order valence-corrected chi connectivity index (χ2v) is 4.98. The van der Waals surface area contributed by atoms with Crippen molar-refractivity contribution in [2.75, 3.05) is 13.7 Å². The van der Waals surface area contributed by atoms with Crippen molar-refractivity contribution in [3.63, 3.8) is 0 Å². The molecular formula is C14H15F3O3. The summed E-state index contributed by atoms with van der Waals surface area (Å²) in [5, 5.41) is 0. The van der Waals surface area contributed by atoms with Crippen molar-refractivity contribution in [1.29, 1.82) is 0 Å². The summed E-state index contributed by atoms with van der Waals surface area (Å²) < 4.78 is 52.2. The normalized spacial score (nSPS) is 16.3. The number of fused-ring (bicyclic) bond motifs is 1. The van der Waals surface area contributed by atoms with E-state index in [-0.39, 0.29) is 11.5 Å². The smallest absolute Gasteiger partial charge is 0.422 e. The summed E-state index contributed by atoms with van der Waals surface area (Å²) in [5.41, 5.74) is 0.226. The topological polar surface area (TPSA) is 27.7 Å². The Kier molecular flexibility index (Phi) is 3.58. The van der Waals surface area contributed by atoms with Gasteiger partial charge in [-0.05, 0) is 26.0 Å². The lowest BCUT2D eigenvalue weighted by molar-refractivity contribution is -0.153. The van der Waals surface area contributed by atoms with Gasteiger partial charge in [0.1, 0.15) is 11.4 Å².